The first kappa shape index (κ1) is 16.3. The van der Waals surface area contributed by atoms with E-state index in [1.807, 2.05) is 18.3 Å². The minimum atomic E-state index is 0.398. The average Bonchev–Trinajstić information content (AvgIpc) is 2.90. The Kier molecular flexibility index (Phi) is 6.49. The van der Waals surface area contributed by atoms with Crippen molar-refractivity contribution in [2.45, 2.75) is 32.2 Å². The number of nitrogens with one attached hydrogen (secondary N) is 1. The van der Waals surface area contributed by atoms with Crippen molar-refractivity contribution in [1.82, 2.24) is 10.3 Å². The molecule has 5 heteroatoms. The van der Waals surface area contributed by atoms with Crippen molar-refractivity contribution in [3.05, 3.63) is 45.2 Å². The summed E-state index contributed by atoms with van der Waals surface area (Å²) in [7, 11) is 1.63. The highest BCUT2D eigenvalue weighted by Gasteiger charge is 2.12. The van der Waals surface area contributed by atoms with Crippen molar-refractivity contribution in [2.24, 2.45) is 0 Å². The Morgan fingerprint density at radius 3 is 2.71 bits per heavy atom. The van der Waals surface area contributed by atoms with E-state index >= 15 is 0 Å². The van der Waals surface area contributed by atoms with E-state index in [2.05, 4.69) is 29.4 Å². The summed E-state index contributed by atoms with van der Waals surface area (Å²) in [6.07, 6.45) is 4.96. The van der Waals surface area contributed by atoms with Gasteiger partial charge in [0.15, 0.2) is 0 Å². The summed E-state index contributed by atoms with van der Waals surface area (Å²) in [6, 6.07) is 8.46. The Balaban J connectivity index is 2.00. The van der Waals surface area contributed by atoms with Crippen molar-refractivity contribution in [1.29, 1.82) is 0 Å². The first-order valence-corrected chi connectivity index (χ1v) is 8.37. The smallest absolute Gasteiger partial charge is 0.212 e. The van der Waals surface area contributed by atoms with Crippen LogP contribution in [0.25, 0.3) is 0 Å². The highest BCUT2D eigenvalue weighted by atomic mass is 35.5. The number of ether oxygens (including phenoxy) is 1. The number of thiophene rings is 1. The van der Waals surface area contributed by atoms with Crippen LogP contribution in [0, 0.1) is 0 Å². The van der Waals surface area contributed by atoms with Gasteiger partial charge in [0.05, 0.1) is 11.4 Å². The predicted octanol–water partition coefficient (Wildman–Crippen LogP) is 3.96. The molecule has 114 valence electrons. The quantitative estimate of drug-likeness (QED) is 0.798. The van der Waals surface area contributed by atoms with Gasteiger partial charge in [-0.3, -0.25) is 0 Å². The van der Waals surface area contributed by atoms with Crippen LogP contribution in [0.5, 0.6) is 5.88 Å². The van der Waals surface area contributed by atoms with Gasteiger partial charge in [0.25, 0.3) is 0 Å². The average molecular weight is 325 g/mol. The van der Waals surface area contributed by atoms with Crippen LogP contribution in [0.2, 0.25) is 4.34 Å². The van der Waals surface area contributed by atoms with E-state index in [-0.39, 0.29) is 0 Å². The standard InChI is InChI=1S/C16H21ClN2OS/c1-3-8-18-13(10-14-5-6-15(17)21-14)9-12-4-7-16(20-2)19-11-12/h4-7,11,13,18H,3,8-10H2,1-2H3. The normalized spacial score (nSPS) is 12.3. The van der Waals surface area contributed by atoms with Gasteiger partial charge < -0.3 is 10.1 Å². The summed E-state index contributed by atoms with van der Waals surface area (Å²) in [4.78, 5) is 5.59. The van der Waals surface area contributed by atoms with E-state index in [4.69, 9.17) is 16.3 Å². The number of aromatic nitrogens is 1. The fraction of sp³-hybridized carbons (Fsp3) is 0.438. The van der Waals surface area contributed by atoms with E-state index in [0.717, 1.165) is 30.1 Å². The van der Waals surface area contributed by atoms with Gasteiger partial charge in [0.2, 0.25) is 5.88 Å². The first-order chi connectivity index (χ1) is 10.2. The molecule has 1 N–H and O–H groups in total. The van der Waals surface area contributed by atoms with E-state index < -0.39 is 0 Å². The van der Waals surface area contributed by atoms with Crippen LogP contribution in [-0.4, -0.2) is 24.7 Å². The Labute approximate surface area is 135 Å². The molecule has 2 rings (SSSR count). The first-order valence-electron chi connectivity index (χ1n) is 7.17. The number of hydrogen-bond acceptors (Lipinski definition) is 4. The van der Waals surface area contributed by atoms with E-state index in [9.17, 15) is 0 Å². The van der Waals surface area contributed by atoms with E-state index in [0.29, 0.717) is 11.9 Å². The van der Waals surface area contributed by atoms with Gasteiger partial charge in [-0.1, -0.05) is 24.6 Å². The second-order valence-corrected chi connectivity index (χ2v) is 6.77. The minimum absolute atomic E-state index is 0.398. The molecule has 0 saturated carbocycles. The van der Waals surface area contributed by atoms with Crippen LogP contribution in [0.1, 0.15) is 23.8 Å². The lowest BCUT2D eigenvalue weighted by atomic mass is 10.0. The monoisotopic (exact) mass is 324 g/mol. The third-order valence-corrected chi connectivity index (χ3v) is 4.50. The van der Waals surface area contributed by atoms with Crippen molar-refractivity contribution < 1.29 is 4.74 Å². The maximum Gasteiger partial charge on any atom is 0.212 e. The van der Waals surface area contributed by atoms with Crippen LogP contribution in [-0.2, 0) is 12.8 Å². The molecular weight excluding hydrogens is 304 g/mol. The van der Waals surface area contributed by atoms with Crippen LogP contribution in [0.3, 0.4) is 0 Å². The van der Waals surface area contributed by atoms with Crippen LogP contribution >= 0.6 is 22.9 Å². The van der Waals surface area contributed by atoms with Gasteiger partial charge in [0.1, 0.15) is 0 Å². The highest BCUT2D eigenvalue weighted by Crippen LogP contribution is 2.23. The maximum atomic E-state index is 6.02. The Morgan fingerprint density at radius 2 is 2.14 bits per heavy atom. The fourth-order valence-electron chi connectivity index (χ4n) is 2.21. The summed E-state index contributed by atoms with van der Waals surface area (Å²) in [6.45, 7) is 3.20. The molecule has 0 amide bonds. The van der Waals surface area contributed by atoms with Crippen LogP contribution in [0.15, 0.2) is 30.5 Å². The lowest BCUT2D eigenvalue weighted by molar-refractivity contribution is 0.397. The molecule has 21 heavy (non-hydrogen) atoms. The van der Waals surface area contributed by atoms with Crippen molar-refractivity contribution in [3.63, 3.8) is 0 Å². The molecule has 1 unspecified atom stereocenters. The number of rotatable bonds is 8. The zero-order valence-electron chi connectivity index (χ0n) is 12.4. The molecule has 0 bridgehead atoms. The second kappa shape index (κ2) is 8.37. The fourth-order valence-corrected chi connectivity index (χ4v) is 3.37. The lowest BCUT2D eigenvalue weighted by Gasteiger charge is -2.18. The highest BCUT2D eigenvalue weighted by molar-refractivity contribution is 7.16. The van der Waals surface area contributed by atoms with Crippen LogP contribution in [0.4, 0.5) is 0 Å². The van der Waals surface area contributed by atoms with E-state index in [1.54, 1.807) is 18.4 Å². The van der Waals surface area contributed by atoms with Gasteiger partial charge in [-0.15, -0.1) is 11.3 Å². The van der Waals surface area contributed by atoms with Gasteiger partial charge in [-0.05, 0) is 43.5 Å². The lowest BCUT2D eigenvalue weighted by Crippen LogP contribution is -2.33. The number of pyridine rings is 1. The van der Waals surface area contributed by atoms with Crippen molar-refractivity contribution in [2.75, 3.05) is 13.7 Å². The third-order valence-electron chi connectivity index (χ3n) is 3.25. The molecule has 0 radical (unpaired) electrons. The molecular formula is C16H21ClN2OS. The largest absolute Gasteiger partial charge is 0.481 e. The van der Waals surface area contributed by atoms with E-state index in [1.165, 1.54) is 10.4 Å². The van der Waals surface area contributed by atoms with Crippen molar-refractivity contribution in [3.8, 4) is 5.88 Å². The molecule has 3 nitrogen and oxygen atoms in total. The Bertz CT molecular complexity index is 541. The summed E-state index contributed by atoms with van der Waals surface area (Å²) in [5.41, 5.74) is 1.21. The zero-order chi connectivity index (χ0) is 15.1. The molecule has 0 saturated heterocycles. The Morgan fingerprint density at radius 1 is 1.29 bits per heavy atom. The number of halogens is 1. The molecule has 2 aromatic rings. The summed E-state index contributed by atoms with van der Waals surface area (Å²) < 4.78 is 5.95. The number of nitrogens with zero attached hydrogens (tertiary/aromatic N) is 1. The minimum Gasteiger partial charge on any atom is -0.481 e. The van der Waals surface area contributed by atoms with Gasteiger partial charge in [-0.2, -0.15) is 0 Å². The number of methoxy groups -OCH3 is 1. The molecule has 0 fully saturated rings. The molecule has 0 aliphatic heterocycles. The molecule has 0 aromatic carbocycles. The second-order valence-electron chi connectivity index (χ2n) is 4.97. The molecule has 1 atom stereocenters. The molecule has 0 aliphatic rings. The van der Waals surface area contributed by atoms with Crippen molar-refractivity contribution >= 4 is 22.9 Å². The summed E-state index contributed by atoms with van der Waals surface area (Å²) >= 11 is 7.67. The number of hydrogen-bond donors (Lipinski definition) is 1. The van der Waals surface area contributed by atoms with Gasteiger partial charge >= 0.3 is 0 Å². The molecule has 0 spiro atoms. The molecule has 0 aliphatic carbocycles. The SMILES string of the molecule is CCCNC(Cc1ccc(OC)nc1)Cc1ccc(Cl)s1. The molecule has 2 heterocycles. The maximum absolute atomic E-state index is 6.02. The topological polar surface area (TPSA) is 34.1 Å². The summed E-state index contributed by atoms with van der Waals surface area (Å²) in [5, 5.41) is 3.61. The zero-order valence-corrected chi connectivity index (χ0v) is 14.0. The van der Waals surface area contributed by atoms with Gasteiger partial charge in [-0.25, -0.2) is 4.98 Å². The van der Waals surface area contributed by atoms with Gasteiger partial charge in [0, 0.05) is 23.2 Å². The predicted molar refractivity (Wildman–Crippen MR) is 89.6 cm³/mol. The third kappa shape index (κ3) is 5.30. The summed E-state index contributed by atoms with van der Waals surface area (Å²) in [5.74, 6) is 0.654. The van der Waals surface area contributed by atoms with Crippen LogP contribution < -0.4 is 10.1 Å². The Hall–Kier alpha value is -1.10. The molecule has 2 aromatic heterocycles.